The van der Waals surface area contributed by atoms with Crippen molar-refractivity contribution in [1.29, 1.82) is 0 Å². The average Bonchev–Trinajstić information content (AvgIpc) is 3.44. The molecule has 0 spiro atoms. The minimum atomic E-state index is -4.44. The molecule has 33 heavy (non-hydrogen) atoms. The van der Waals surface area contributed by atoms with Crippen molar-refractivity contribution in [2.75, 3.05) is 17.2 Å². The van der Waals surface area contributed by atoms with Gasteiger partial charge in [0.2, 0.25) is 0 Å². The van der Waals surface area contributed by atoms with E-state index in [2.05, 4.69) is 20.1 Å². The molecule has 1 aliphatic rings. The number of nitrogens with one attached hydrogen (secondary N) is 1. The second-order valence-electron chi connectivity index (χ2n) is 7.77. The van der Waals surface area contributed by atoms with Crippen molar-refractivity contribution in [2.45, 2.75) is 19.1 Å². The number of benzene rings is 1. The van der Waals surface area contributed by atoms with E-state index in [1.807, 2.05) is 6.92 Å². The molecule has 0 fully saturated rings. The SMILES string of the molecule is C[C@H]1CN(c2ccc(C(F)(F)F)cc2)C(=O)c2c(-c3c[nH]c(-c4ccc(N)nc4)n3)cnn21. The van der Waals surface area contributed by atoms with Gasteiger partial charge in [-0.15, -0.1) is 0 Å². The van der Waals surface area contributed by atoms with Crippen LogP contribution in [0.2, 0.25) is 0 Å². The van der Waals surface area contributed by atoms with Crippen molar-refractivity contribution in [3.05, 3.63) is 66.2 Å². The van der Waals surface area contributed by atoms with Crippen LogP contribution in [0.15, 0.2) is 55.0 Å². The molecule has 4 aromatic rings. The lowest BCUT2D eigenvalue weighted by atomic mass is 10.1. The summed E-state index contributed by atoms with van der Waals surface area (Å²) < 4.78 is 40.4. The van der Waals surface area contributed by atoms with Crippen LogP contribution < -0.4 is 10.6 Å². The van der Waals surface area contributed by atoms with Gasteiger partial charge in [-0.2, -0.15) is 18.3 Å². The van der Waals surface area contributed by atoms with Crippen LogP contribution in [0.4, 0.5) is 24.7 Å². The third kappa shape index (κ3) is 3.60. The maximum absolute atomic E-state index is 13.4. The normalized spacial score (nSPS) is 16.2. The van der Waals surface area contributed by atoms with E-state index in [9.17, 15) is 18.0 Å². The molecule has 1 amide bonds. The molecule has 1 aliphatic heterocycles. The highest BCUT2D eigenvalue weighted by molar-refractivity contribution is 6.09. The van der Waals surface area contributed by atoms with Crippen LogP contribution in [0.1, 0.15) is 29.0 Å². The number of nitrogen functional groups attached to an aromatic ring is 1. The molecule has 0 saturated carbocycles. The van der Waals surface area contributed by atoms with Gasteiger partial charge in [-0.3, -0.25) is 9.48 Å². The smallest absolute Gasteiger partial charge is 0.384 e. The molecule has 168 valence electrons. The van der Waals surface area contributed by atoms with Gasteiger partial charge in [-0.1, -0.05) is 0 Å². The van der Waals surface area contributed by atoms with Gasteiger partial charge >= 0.3 is 6.18 Å². The number of imidazole rings is 1. The number of amides is 1. The topological polar surface area (TPSA) is 106 Å². The first-order chi connectivity index (χ1) is 15.7. The van der Waals surface area contributed by atoms with Crippen LogP contribution in [0.5, 0.6) is 0 Å². The fourth-order valence-corrected chi connectivity index (χ4v) is 3.86. The molecule has 3 aromatic heterocycles. The third-order valence-electron chi connectivity index (χ3n) is 5.53. The molecule has 0 radical (unpaired) electrons. The van der Waals surface area contributed by atoms with Crippen molar-refractivity contribution >= 4 is 17.4 Å². The molecule has 0 bridgehead atoms. The number of rotatable bonds is 3. The van der Waals surface area contributed by atoms with Gasteiger partial charge in [0.05, 0.1) is 29.1 Å². The first kappa shape index (κ1) is 20.7. The minimum Gasteiger partial charge on any atom is -0.384 e. The number of nitrogens with two attached hydrogens (primary N) is 1. The molecule has 1 atom stereocenters. The lowest BCUT2D eigenvalue weighted by Gasteiger charge is -2.32. The van der Waals surface area contributed by atoms with Gasteiger partial charge in [0, 0.05) is 30.2 Å². The second kappa shape index (κ2) is 7.47. The zero-order valence-electron chi connectivity index (χ0n) is 17.3. The van der Waals surface area contributed by atoms with Gasteiger partial charge in [-0.25, -0.2) is 9.97 Å². The third-order valence-corrected chi connectivity index (χ3v) is 5.53. The molecule has 1 aromatic carbocycles. The number of hydrogen-bond acceptors (Lipinski definition) is 5. The van der Waals surface area contributed by atoms with E-state index < -0.39 is 11.7 Å². The number of aromatic nitrogens is 5. The molecule has 0 saturated heterocycles. The monoisotopic (exact) mass is 453 g/mol. The maximum Gasteiger partial charge on any atom is 0.416 e. The molecule has 8 nitrogen and oxygen atoms in total. The van der Waals surface area contributed by atoms with Gasteiger partial charge < -0.3 is 15.6 Å². The average molecular weight is 453 g/mol. The number of carbonyl (C=O) groups is 1. The maximum atomic E-state index is 13.4. The van der Waals surface area contributed by atoms with Gasteiger partial charge in [0.25, 0.3) is 5.91 Å². The summed E-state index contributed by atoms with van der Waals surface area (Å²) in [5, 5.41) is 4.37. The summed E-state index contributed by atoms with van der Waals surface area (Å²) in [5.41, 5.74) is 7.33. The molecule has 3 N–H and O–H groups in total. The summed E-state index contributed by atoms with van der Waals surface area (Å²) in [7, 11) is 0. The Morgan fingerprint density at radius 3 is 2.55 bits per heavy atom. The van der Waals surface area contributed by atoms with Gasteiger partial charge in [0.1, 0.15) is 17.3 Å². The lowest BCUT2D eigenvalue weighted by Crippen LogP contribution is -2.42. The predicted molar refractivity (Wildman–Crippen MR) is 115 cm³/mol. The standard InChI is InChI=1S/C22H18F3N7O/c1-12-11-31(15-5-3-14(4-6-15)22(23,24)25)21(33)19-16(9-29-32(12)19)17-10-28-20(30-17)13-2-7-18(26)27-8-13/h2-10,12H,11H2,1H3,(H2,26,27)(H,28,30)/t12-/m0/s1. The zero-order valence-corrected chi connectivity index (χ0v) is 17.3. The molecular weight excluding hydrogens is 435 g/mol. The number of nitrogens with zero attached hydrogens (tertiary/aromatic N) is 5. The van der Waals surface area contributed by atoms with E-state index in [0.717, 1.165) is 17.7 Å². The quantitative estimate of drug-likeness (QED) is 0.485. The first-order valence-electron chi connectivity index (χ1n) is 10.1. The number of carbonyl (C=O) groups excluding carboxylic acids is 1. The van der Waals surface area contributed by atoms with Crippen molar-refractivity contribution in [2.24, 2.45) is 0 Å². The van der Waals surface area contributed by atoms with Crippen molar-refractivity contribution in [3.8, 4) is 22.6 Å². The van der Waals surface area contributed by atoms with Crippen LogP contribution in [0.3, 0.4) is 0 Å². The van der Waals surface area contributed by atoms with Crippen molar-refractivity contribution in [1.82, 2.24) is 24.7 Å². The summed E-state index contributed by atoms with van der Waals surface area (Å²) in [6, 6.07) is 7.81. The summed E-state index contributed by atoms with van der Waals surface area (Å²) in [6.45, 7) is 2.17. The Morgan fingerprint density at radius 2 is 1.88 bits per heavy atom. The zero-order chi connectivity index (χ0) is 23.3. The molecule has 4 heterocycles. The van der Waals surface area contributed by atoms with Gasteiger partial charge in [0.15, 0.2) is 0 Å². The largest absolute Gasteiger partial charge is 0.416 e. The van der Waals surface area contributed by atoms with Crippen LogP contribution in [0.25, 0.3) is 22.6 Å². The van der Waals surface area contributed by atoms with E-state index in [1.54, 1.807) is 35.4 Å². The van der Waals surface area contributed by atoms with Crippen LogP contribution in [-0.2, 0) is 6.18 Å². The van der Waals surface area contributed by atoms with Gasteiger partial charge in [-0.05, 0) is 43.3 Å². The molecule has 0 aliphatic carbocycles. The summed E-state index contributed by atoms with van der Waals surface area (Å²) in [5.74, 6) is 0.576. The number of halogens is 3. The van der Waals surface area contributed by atoms with E-state index in [0.29, 0.717) is 34.3 Å². The van der Waals surface area contributed by atoms with Crippen LogP contribution in [-0.4, -0.2) is 37.2 Å². The van der Waals surface area contributed by atoms with E-state index >= 15 is 0 Å². The van der Waals surface area contributed by atoms with Crippen molar-refractivity contribution < 1.29 is 18.0 Å². The van der Waals surface area contributed by atoms with E-state index in [-0.39, 0.29) is 18.5 Å². The molecular formula is C22H18F3N7O. The minimum absolute atomic E-state index is 0.187. The highest BCUT2D eigenvalue weighted by Gasteiger charge is 2.35. The second-order valence-corrected chi connectivity index (χ2v) is 7.77. The summed E-state index contributed by atoms with van der Waals surface area (Å²) >= 11 is 0. The summed E-state index contributed by atoms with van der Waals surface area (Å²) in [4.78, 5) is 26.5. The lowest BCUT2D eigenvalue weighted by molar-refractivity contribution is -0.137. The number of aromatic amines is 1. The number of hydrogen-bond donors (Lipinski definition) is 2. The van der Waals surface area contributed by atoms with Crippen molar-refractivity contribution in [3.63, 3.8) is 0 Å². The molecule has 5 rings (SSSR count). The number of H-pyrrole nitrogens is 1. The predicted octanol–water partition coefficient (Wildman–Crippen LogP) is 4.16. The Kier molecular flexibility index (Phi) is 4.69. The molecule has 11 heteroatoms. The Balaban J connectivity index is 1.50. The Morgan fingerprint density at radius 1 is 1.12 bits per heavy atom. The molecule has 0 unspecified atom stereocenters. The Labute approximate surface area is 185 Å². The number of fused-ring (bicyclic) bond motifs is 1. The number of alkyl halides is 3. The highest BCUT2D eigenvalue weighted by Crippen LogP contribution is 2.35. The fraction of sp³-hybridized carbons (Fsp3) is 0.182. The number of pyridine rings is 1. The van der Waals surface area contributed by atoms with E-state index in [4.69, 9.17) is 5.73 Å². The van der Waals surface area contributed by atoms with E-state index in [1.165, 1.54) is 17.0 Å². The Bertz CT molecular complexity index is 1320. The first-order valence-corrected chi connectivity index (χ1v) is 10.1. The highest BCUT2D eigenvalue weighted by atomic mass is 19.4. The fourth-order valence-electron chi connectivity index (χ4n) is 3.86. The number of anilines is 2. The Hall–Kier alpha value is -4.15. The van der Waals surface area contributed by atoms with Crippen LogP contribution in [0, 0.1) is 0 Å². The van der Waals surface area contributed by atoms with Crippen LogP contribution >= 0.6 is 0 Å². The summed E-state index contributed by atoms with van der Waals surface area (Å²) in [6.07, 6.45) is 0.381.